The van der Waals surface area contributed by atoms with Crippen molar-refractivity contribution >= 4 is 40.0 Å². The van der Waals surface area contributed by atoms with Crippen LogP contribution >= 0.6 is 34.3 Å². The van der Waals surface area contributed by atoms with Gasteiger partial charge in [0.1, 0.15) is 5.75 Å². The Morgan fingerprint density at radius 3 is 2.52 bits per heavy atom. The van der Waals surface area contributed by atoms with Crippen molar-refractivity contribution in [1.29, 1.82) is 0 Å². The van der Waals surface area contributed by atoms with Crippen LogP contribution in [0.15, 0.2) is 46.8 Å². The Morgan fingerprint density at radius 1 is 1.19 bits per heavy atom. The molecule has 0 N–H and O–H groups in total. The van der Waals surface area contributed by atoms with Crippen molar-refractivity contribution in [2.24, 2.45) is 4.99 Å². The van der Waals surface area contributed by atoms with E-state index in [1.54, 1.807) is 19.2 Å². The van der Waals surface area contributed by atoms with Crippen LogP contribution in [0.3, 0.4) is 0 Å². The van der Waals surface area contributed by atoms with Crippen molar-refractivity contribution in [3.05, 3.63) is 50.9 Å². The van der Waals surface area contributed by atoms with E-state index in [2.05, 4.69) is 14.3 Å². The van der Waals surface area contributed by atoms with Gasteiger partial charge in [-0.25, -0.2) is 4.99 Å². The second-order valence-electron chi connectivity index (χ2n) is 5.67. The summed E-state index contributed by atoms with van der Waals surface area (Å²) in [7, 11) is 1.66. The second kappa shape index (κ2) is 8.97. The van der Waals surface area contributed by atoms with Crippen LogP contribution in [-0.2, 0) is 4.74 Å². The smallest absolute Gasteiger partial charge is 0.387 e. The first-order chi connectivity index (χ1) is 13.0. The number of halogens is 3. The Balaban J connectivity index is 2.01. The minimum Gasteiger partial charge on any atom is -0.435 e. The van der Waals surface area contributed by atoms with Crippen molar-refractivity contribution in [1.82, 2.24) is 4.57 Å². The summed E-state index contributed by atoms with van der Waals surface area (Å²) in [5.74, 6) is 0.102. The van der Waals surface area contributed by atoms with Crippen LogP contribution in [0.1, 0.15) is 13.0 Å². The predicted molar refractivity (Wildman–Crippen MR) is 106 cm³/mol. The van der Waals surface area contributed by atoms with Crippen molar-refractivity contribution in [3.63, 3.8) is 0 Å². The van der Waals surface area contributed by atoms with E-state index in [4.69, 9.17) is 16.3 Å². The summed E-state index contributed by atoms with van der Waals surface area (Å²) < 4.78 is 37.1. The highest BCUT2D eigenvalue weighted by Gasteiger charge is 2.15. The molecule has 0 saturated heterocycles. The van der Waals surface area contributed by atoms with Gasteiger partial charge in [-0.05, 0) is 43.3 Å². The topological polar surface area (TPSA) is 35.8 Å². The van der Waals surface area contributed by atoms with Crippen molar-refractivity contribution in [3.8, 4) is 16.3 Å². The maximum Gasteiger partial charge on any atom is 0.387 e. The summed E-state index contributed by atoms with van der Waals surface area (Å²) in [6, 6.07) is 10.1. The number of rotatable bonds is 7. The van der Waals surface area contributed by atoms with Crippen molar-refractivity contribution in [2.75, 3.05) is 13.7 Å². The minimum absolute atomic E-state index is 0.0531. The Hall–Kier alpha value is -1.74. The van der Waals surface area contributed by atoms with Gasteiger partial charge in [-0.2, -0.15) is 8.78 Å². The van der Waals surface area contributed by atoms with E-state index in [0.29, 0.717) is 12.3 Å². The van der Waals surface area contributed by atoms with Gasteiger partial charge in [-0.1, -0.05) is 11.6 Å². The molecule has 0 unspecified atom stereocenters. The molecule has 0 aliphatic carbocycles. The molecule has 0 spiro atoms. The Labute approximate surface area is 168 Å². The maximum absolute atomic E-state index is 12.3. The monoisotopic (exact) mass is 430 g/mol. The summed E-state index contributed by atoms with van der Waals surface area (Å²) in [6.07, 6.45) is 0. The molecule has 3 rings (SSSR count). The van der Waals surface area contributed by atoms with Crippen LogP contribution in [0.25, 0.3) is 10.6 Å². The molecule has 3 aromatic rings. The number of methoxy groups -OCH3 is 1. The fraction of sp³-hybridized carbons (Fsp3) is 0.278. The van der Waals surface area contributed by atoms with Crippen molar-refractivity contribution < 1.29 is 18.3 Å². The first-order valence-corrected chi connectivity index (χ1v) is 10.1. The number of thiazole rings is 1. The van der Waals surface area contributed by atoms with Gasteiger partial charge in [0.25, 0.3) is 0 Å². The zero-order valence-electron chi connectivity index (χ0n) is 14.6. The quantitative estimate of drug-likeness (QED) is 0.462. The van der Waals surface area contributed by atoms with Gasteiger partial charge in [0.15, 0.2) is 4.80 Å². The molecule has 4 nitrogen and oxygen atoms in total. The van der Waals surface area contributed by atoms with Crippen LogP contribution in [0, 0.1) is 0 Å². The summed E-state index contributed by atoms with van der Waals surface area (Å²) in [4.78, 5) is 6.49. The third-order valence-electron chi connectivity index (χ3n) is 3.70. The van der Waals surface area contributed by atoms with Crippen molar-refractivity contribution in [2.45, 2.75) is 19.6 Å². The molecule has 2 aromatic heterocycles. The van der Waals surface area contributed by atoms with Crippen LogP contribution < -0.4 is 9.54 Å². The zero-order valence-corrected chi connectivity index (χ0v) is 17.0. The lowest BCUT2D eigenvalue weighted by atomic mass is 10.3. The molecule has 0 radical (unpaired) electrons. The predicted octanol–water partition coefficient (Wildman–Crippen LogP) is 5.97. The van der Waals surface area contributed by atoms with Gasteiger partial charge >= 0.3 is 6.61 Å². The highest BCUT2D eigenvalue weighted by Crippen LogP contribution is 2.33. The fourth-order valence-corrected chi connectivity index (χ4v) is 4.73. The molecular weight excluding hydrogens is 414 g/mol. The highest BCUT2D eigenvalue weighted by molar-refractivity contribution is 7.19. The first-order valence-electron chi connectivity index (χ1n) is 8.02. The van der Waals surface area contributed by atoms with Crippen LogP contribution in [0.5, 0.6) is 5.75 Å². The SMILES string of the molecule is COC[C@H](C)n1c(-c2ccc(Cl)s2)csc1=Nc1ccc(OC(F)F)cc1. The summed E-state index contributed by atoms with van der Waals surface area (Å²) in [5.41, 5.74) is 1.66. The average Bonchev–Trinajstić information content (AvgIpc) is 3.22. The molecule has 0 aliphatic heterocycles. The van der Waals surface area contributed by atoms with Gasteiger partial charge in [0.2, 0.25) is 0 Å². The average molecular weight is 431 g/mol. The third-order valence-corrected chi connectivity index (χ3v) is 5.80. The third kappa shape index (κ3) is 4.95. The number of thiophene rings is 1. The first kappa shape index (κ1) is 20.0. The second-order valence-corrected chi connectivity index (χ2v) is 8.22. The van der Waals surface area contributed by atoms with E-state index in [1.165, 1.54) is 34.8 Å². The summed E-state index contributed by atoms with van der Waals surface area (Å²) in [6.45, 7) is -0.271. The molecule has 9 heteroatoms. The number of aromatic nitrogens is 1. The zero-order chi connectivity index (χ0) is 19.4. The van der Waals surface area contributed by atoms with Gasteiger partial charge in [-0.3, -0.25) is 0 Å². The molecule has 27 heavy (non-hydrogen) atoms. The minimum atomic E-state index is -2.85. The normalized spacial score (nSPS) is 13.3. The van der Waals surface area contributed by atoms with Crippen LogP contribution in [0.4, 0.5) is 14.5 Å². The molecule has 0 bridgehead atoms. The number of hydrogen-bond acceptors (Lipinski definition) is 5. The standard InChI is InChI=1S/C18H17ClF2N2O2S2/c1-11(9-24-2)23-14(15-7-8-16(19)27-15)10-26-18(23)22-12-3-5-13(6-4-12)25-17(20)21/h3-8,10-11,17H,9H2,1-2H3/t11-/m0/s1. The van der Waals surface area contributed by atoms with Gasteiger partial charge in [0.05, 0.1) is 33.2 Å². The molecule has 2 heterocycles. The lowest BCUT2D eigenvalue weighted by Gasteiger charge is -2.15. The maximum atomic E-state index is 12.3. The summed E-state index contributed by atoms with van der Waals surface area (Å²) >= 11 is 9.09. The molecule has 1 aromatic carbocycles. The van der Waals surface area contributed by atoms with E-state index in [9.17, 15) is 8.78 Å². The lowest BCUT2D eigenvalue weighted by Crippen LogP contribution is -2.22. The number of nitrogens with zero attached hydrogens (tertiary/aromatic N) is 2. The highest BCUT2D eigenvalue weighted by atomic mass is 35.5. The number of alkyl halides is 2. The Kier molecular flexibility index (Phi) is 6.64. The molecule has 0 saturated carbocycles. The fourth-order valence-electron chi connectivity index (χ4n) is 2.59. The molecular formula is C18H17ClF2N2O2S2. The molecule has 144 valence electrons. The summed E-state index contributed by atoms with van der Waals surface area (Å²) in [5, 5.41) is 2.03. The largest absolute Gasteiger partial charge is 0.435 e. The Morgan fingerprint density at radius 2 is 1.93 bits per heavy atom. The van der Waals surface area contributed by atoms with Crippen LogP contribution in [-0.4, -0.2) is 24.9 Å². The van der Waals surface area contributed by atoms with Crippen LogP contribution in [0.2, 0.25) is 4.34 Å². The van der Waals surface area contributed by atoms with E-state index in [1.807, 2.05) is 24.4 Å². The molecule has 0 fully saturated rings. The van der Waals surface area contributed by atoms with E-state index in [0.717, 1.165) is 19.7 Å². The molecule has 0 aliphatic rings. The Bertz CT molecular complexity index is 951. The lowest BCUT2D eigenvalue weighted by molar-refractivity contribution is -0.0498. The van der Waals surface area contributed by atoms with Gasteiger partial charge in [-0.15, -0.1) is 22.7 Å². The van der Waals surface area contributed by atoms with E-state index in [-0.39, 0.29) is 11.8 Å². The number of hydrogen-bond donors (Lipinski definition) is 0. The molecule has 0 amide bonds. The number of ether oxygens (including phenoxy) is 2. The van der Waals surface area contributed by atoms with Gasteiger partial charge < -0.3 is 14.0 Å². The van der Waals surface area contributed by atoms with E-state index < -0.39 is 6.61 Å². The molecule has 1 atom stereocenters. The van der Waals surface area contributed by atoms with Gasteiger partial charge in [0, 0.05) is 12.5 Å². The number of benzene rings is 1. The van der Waals surface area contributed by atoms with E-state index >= 15 is 0 Å².